The Morgan fingerprint density at radius 3 is 2.78 bits per heavy atom. The minimum absolute atomic E-state index is 0.0831. The average Bonchev–Trinajstić information content (AvgIpc) is 2.88. The van der Waals surface area contributed by atoms with Gasteiger partial charge in [0.2, 0.25) is 5.91 Å². The highest BCUT2D eigenvalue weighted by Crippen LogP contribution is 2.23. The molecule has 1 amide bonds. The van der Waals surface area contributed by atoms with Crippen molar-refractivity contribution >= 4 is 27.5 Å². The lowest BCUT2D eigenvalue weighted by Gasteiger charge is -2.31. The summed E-state index contributed by atoms with van der Waals surface area (Å²) in [5.74, 6) is 0.589. The van der Waals surface area contributed by atoms with Crippen molar-refractivity contribution in [1.29, 1.82) is 0 Å². The summed E-state index contributed by atoms with van der Waals surface area (Å²) >= 11 is 1.71. The predicted molar refractivity (Wildman–Crippen MR) is 97.6 cm³/mol. The number of amides is 1. The van der Waals surface area contributed by atoms with Gasteiger partial charge in [-0.1, -0.05) is 26.0 Å². The molecule has 3 N–H and O–H groups in total. The number of hydrogen-bond acceptors (Lipinski definition) is 4. The van der Waals surface area contributed by atoms with Crippen LogP contribution in [0.15, 0.2) is 24.3 Å². The van der Waals surface area contributed by atoms with Gasteiger partial charge in [0.25, 0.3) is 0 Å². The quantitative estimate of drug-likeness (QED) is 0.777. The number of carbonyl (C=O) groups is 1. The second-order valence-corrected chi connectivity index (χ2v) is 7.96. The number of carbonyl (C=O) groups excluding carboxylic acids is 1. The molecule has 4 nitrogen and oxygen atoms in total. The van der Waals surface area contributed by atoms with Crippen LogP contribution >= 0.6 is 11.3 Å². The molecule has 1 heterocycles. The molecule has 2 rings (SSSR count). The van der Waals surface area contributed by atoms with Gasteiger partial charge in [-0.25, -0.2) is 4.98 Å². The van der Waals surface area contributed by atoms with E-state index in [0.717, 1.165) is 29.8 Å². The van der Waals surface area contributed by atoms with Crippen molar-refractivity contribution in [2.24, 2.45) is 11.7 Å². The molecular formula is C18H27N3OS. The van der Waals surface area contributed by atoms with Crippen LogP contribution in [-0.4, -0.2) is 23.0 Å². The van der Waals surface area contributed by atoms with Crippen molar-refractivity contribution < 1.29 is 4.79 Å². The first-order chi connectivity index (χ1) is 10.9. The Kier molecular flexibility index (Phi) is 6.13. The van der Waals surface area contributed by atoms with E-state index in [1.54, 1.807) is 11.3 Å². The van der Waals surface area contributed by atoms with Crippen molar-refractivity contribution in [2.75, 3.05) is 6.54 Å². The van der Waals surface area contributed by atoms with E-state index in [-0.39, 0.29) is 11.4 Å². The Morgan fingerprint density at radius 2 is 2.13 bits per heavy atom. The minimum Gasteiger partial charge on any atom is -0.350 e. The molecule has 0 radical (unpaired) electrons. The molecule has 1 atom stereocenters. The normalized spacial score (nSPS) is 14.1. The lowest BCUT2D eigenvalue weighted by molar-refractivity contribution is -0.123. The molecule has 23 heavy (non-hydrogen) atoms. The Balaban J connectivity index is 1.82. The number of aromatic nitrogens is 1. The molecule has 0 saturated heterocycles. The summed E-state index contributed by atoms with van der Waals surface area (Å²) < 4.78 is 1.21. The fourth-order valence-corrected chi connectivity index (χ4v) is 3.92. The largest absolute Gasteiger partial charge is 0.350 e. The number of nitrogens with two attached hydrogens (primary N) is 1. The van der Waals surface area contributed by atoms with Crippen LogP contribution in [-0.2, 0) is 11.2 Å². The van der Waals surface area contributed by atoms with Gasteiger partial charge in [0, 0.05) is 18.5 Å². The van der Waals surface area contributed by atoms with Gasteiger partial charge in [0.1, 0.15) is 0 Å². The number of nitrogens with zero attached hydrogens (tertiary/aromatic N) is 1. The van der Waals surface area contributed by atoms with Crippen LogP contribution in [0.2, 0.25) is 0 Å². The Hall–Kier alpha value is -1.46. The van der Waals surface area contributed by atoms with Gasteiger partial charge in [0.05, 0.1) is 15.2 Å². The van der Waals surface area contributed by atoms with Crippen molar-refractivity contribution in [3.8, 4) is 0 Å². The minimum atomic E-state index is -0.304. The van der Waals surface area contributed by atoms with Gasteiger partial charge in [0.15, 0.2) is 0 Å². The molecule has 2 aromatic rings. The molecule has 0 aliphatic rings. The first-order valence-corrected chi connectivity index (χ1v) is 9.09. The van der Waals surface area contributed by atoms with E-state index in [9.17, 15) is 4.79 Å². The van der Waals surface area contributed by atoms with Crippen LogP contribution in [0, 0.1) is 5.92 Å². The molecule has 0 bridgehead atoms. The van der Waals surface area contributed by atoms with E-state index < -0.39 is 0 Å². The number of hydrogen-bond donors (Lipinski definition) is 2. The predicted octanol–water partition coefficient (Wildman–Crippen LogP) is 3.50. The van der Waals surface area contributed by atoms with Gasteiger partial charge in [-0.05, 0) is 44.2 Å². The maximum absolute atomic E-state index is 12.2. The van der Waals surface area contributed by atoms with Gasteiger partial charge in [-0.3, -0.25) is 4.79 Å². The maximum atomic E-state index is 12.2. The molecule has 0 aliphatic carbocycles. The van der Waals surface area contributed by atoms with Gasteiger partial charge < -0.3 is 11.1 Å². The average molecular weight is 334 g/mol. The summed E-state index contributed by atoms with van der Waals surface area (Å²) in [5, 5.41) is 4.21. The first-order valence-electron chi connectivity index (χ1n) is 8.27. The smallest absolute Gasteiger partial charge is 0.220 e. The van der Waals surface area contributed by atoms with Crippen molar-refractivity contribution in [2.45, 2.75) is 52.0 Å². The lowest BCUT2D eigenvalue weighted by atomic mass is 9.90. The third-order valence-electron chi connectivity index (χ3n) is 3.88. The number of aryl methyl sites for hydroxylation is 1. The molecular weight excluding hydrogens is 306 g/mol. The fourth-order valence-electron chi connectivity index (χ4n) is 2.91. The van der Waals surface area contributed by atoms with Crippen LogP contribution in [0.1, 0.15) is 45.0 Å². The highest BCUT2D eigenvalue weighted by atomic mass is 32.1. The van der Waals surface area contributed by atoms with Crippen LogP contribution in [0.25, 0.3) is 10.2 Å². The monoisotopic (exact) mass is 333 g/mol. The summed E-state index contributed by atoms with van der Waals surface area (Å²) in [6.45, 7) is 6.79. The Labute approximate surface area is 142 Å². The van der Waals surface area contributed by atoms with Crippen molar-refractivity contribution in [3.63, 3.8) is 0 Å². The van der Waals surface area contributed by atoms with Crippen molar-refractivity contribution in [3.05, 3.63) is 29.3 Å². The SMILES string of the molecule is CC(C)CC(C)(CN)NC(=O)CCCc1nc2ccccc2s1. The zero-order valence-electron chi connectivity index (χ0n) is 14.3. The molecule has 1 aromatic heterocycles. The Bertz CT molecular complexity index is 620. The molecule has 0 aliphatic heterocycles. The van der Waals surface area contributed by atoms with Crippen LogP contribution in [0.5, 0.6) is 0 Å². The van der Waals surface area contributed by atoms with E-state index in [0.29, 0.717) is 18.9 Å². The standard InChI is InChI=1S/C18H27N3OS/c1-13(2)11-18(3,12-19)21-16(22)9-6-10-17-20-14-7-4-5-8-15(14)23-17/h4-5,7-8,13H,6,9-12,19H2,1-3H3,(H,21,22). The van der Waals surface area contributed by atoms with E-state index in [1.807, 2.05) is 25.1 Å². The van der Waals surface area contributed by atoms with Gasteiger partial charge >= 0.3 is 0 Å². The van der Waals surface area contributed by atoms with Crippen LogP contribution < -0.4 is 11.1 Å². The summed E-state index contributed by atoms with van der Waals surface area (Å²) in [7, 11) is 0. The maximum Gasteiger partial charge on any atom is 0.220 e. The third kappa shape index (κ3) is 5.29. The summed E-state index contributed by atoms with van der Waals surface area (Å²) in [6.07, 6.45) is 3.07. The van der Waals surface area contributed by atoms with E-state index in [2.05, 4.69) is 30.2 Å². The molecule has 5 heteroatoms. The molecule has 0 saturated carbocycles. The number of benzene rings is 1. The van der Waals surface area contributed by atoms with Gasteiger partial charge in [-0.15, -0.1) is 11.3 Å². The highest BCUT2D eigenvalue weighted by Gasteiger charge is 2.25. The molecule has 1 aromatic carbocycles. The lowest BCUT2D eigenvalue weighted by Crippen LogP contribution is -2.52. The number of para-hydroxylation sites is 1. The second kappa shape index (κ2) is 7.88. The van der Waals surface area contributed by atoms with E-state index >= 15 is 0 Å². The summed E-state index contributed by atoms with van der Waals surface area (Å²) in [5.41, 5.74) is 6.58. The van der Waals surface area contributed by atoms with Crippen molar-refractivity contribution in [1.82, 2.24) is 10.3 Å². The van der Waals surface area contributed by atoms with Crippen LogP contribution in [0.3, 0.4) is 0 Å². The van der Waals surface area contributed by atoms with Gasteiger partial charge in [-0.2, -0.15) is 0 Å². The highest BCUT2D eigenvalue weighted by molar-refractivity contribution is 7.18. The van der Waals surface area contributed by atoms with E-state index in [4.69, 9.17) is 5.73 Å². The van der Waals surface area contributed by atoms with E-state index in [1.165, 1.54) is 4.70 Å². The number of fused-ring (bicyclic) bond motifs is 1. The number of nitrogens with one attached hydrogen (secondary N) is 1. The first kappa shape index (κ1) is 17.9. The molecule has 1 unspecified atom stereocenters. The summed E-state index contributed by atoms with van der Waals surface area (Å²) in [6, 6.07) is 8.14. The molecule has 0 fully saturated rings. The third-order valence-corrected chi connectivity index (χ3v) is 4.98. The molecule has 0 spiro atoms. The Morgan fingerprint density at radius 1 is 1.39 bits per heavy atom. The molecule has 126 valence electrons. The topological polar surface area (TPSA) is 68.0 Å². The number of thiazole rings is 1. The fraction of sp³-hybridized carbons (Fsp3) is 0.556. The zero-order valence-corrected chi connectivity index (χ0v) is 15.1. The van der Waals surface area contributed by atoms with Crippen LogP contribution in [0.4, 0.5) is 0 Å². The summed E-state index contributed by atoms with van der Waals surface area (Å²) in [4.78, 5) is 16.8. The number of rotatable bonds is 8. The zero-order chi connectivity index (χ0) is 16.9. The second-order valence-electron chi connectivity index (χ2n) is 6.84.